The SMILES string of the molecule is Cc1n[nH]c(C)c1NC(=O)[C@@H](N)C(C)C. The van der Waals surface area contributed by atoms with E-state index in [0.29, 0.717) is 0 Å². The molecule has 0 fully saturated rings. The van der Waals surface area contributed by atoms with Gasteiger partial charge in [0, 0.05) is 0 Å². The van der Waals surface area contributed by atoms with E-state index in [1.54, 1.807) is 0 Å². The second-order valence-corrected chi connectivity index (χ2v) is 4.07. The highest BCUT2D eigenvalue weighted by molar-refractivity contribution is 5.95. The van der Waals surface area contributed by atoms with Crippen LogP contribution in [0.25, 0.3) is 0 Å². The van der Waals surface area contributed by atoms with E-state index in [4.69, 9.17) is 5.73 Å². The smallest absolute Gasteiger partial charge is 0.241 e. The van der Waals surface area contributed by atoms with Crippen molar-refractivity contribution in [3.63, 3.8) is 0 Å². The molecule has 0 saturated carbocycles. The first-order valence-electron chi connectivity index (χ1n) is 5.01. The third-order valence-corrected chi connectivity index (χ3v) is 2.40. The van der Waals surface area contributed by atoms with E-state index in [0.717, 1.165) is 17.1 Å². The molecule has 1 heterocycles. The number of hydrogen-bond donors (Lipinski definition) is 3. The number of aromatic amines is 1. The van der Waals surface area contributed by atoms with Crippen molar-refractivity contribution in [2.24, 2.45) is 11.7 Å². The molecule has 0 radical (unpaired) electrons. The number of H-pyrrole nitrogens is 1. The number of carbonyl (C=O) groups is 1. The molecule has 0 aliphatic heterocycles. The summed E-state index contributed by atoms with van der Waals surface area (Å²) in [5.74, 6) is -0.0462. The van der Waals surface area contributed by atoms with Gasteiger partial charge >= 0.3 is 0 Å². The number of nitrogens with one attached hydrogen (secondary N) is 2. The Morgan fingerprint density at radius 1 is 1.47 bits per heavy atom. The van der Waals surface area contributed by atoms with Crippen molar-refractivity contribution >= 4 is 11.6 Å². The Hall–Kier alpha value is -1.36. The minimum Gasteiger partial charge on any atom is -0.322 e. The molecule has 84 valence electrons. The maximum Gasteiger partial charge on any atom is 0.241 e. The molecule has 1 aromatic heterocycles. The molecule has 0 saturated heterocycles. The number of hydrogen-bond acceptors (Lipinski definition) is 3. The van der Waals surface area contributed by atoms with Crippen LogP contribution < -0.4 is 11.1 Å². The lowest BCUT2D eigenvalue weighted by Crippen LogP contribution is -2.39. The third-order valence-electron chi connectivity index (χ3n) is 2.40. The molecule has 0 bridgehead atoms. The van der Waals surface area contributed by atoms with Gasteiger partial charge in [0.1, 0.15) is 0 Å². The van der Waals surface area contributed by atoms with E-state index in [9.17, 15) is 4.79 Å². The van der Waals surface area contributed by atoms with Crippen LogP contribution >= 0.6 is 0 Å². The van der Waals surface area contributed by atoms with Gasteiger partial charge in [0.15, 0.2) is 0 Å². The standard InChI is InChI=1S/C10H18N4O/c1-5(2)8(11)10(15)12-9-6(3)13-14-7(9)4/h5,8H,11H2,1-4H3,(H,12,15)(H,13,14)/t8-/m0/s1. The van der Waals surface area contributed by atoms with Crippen LogP contribution in [-0.4, -0.2) is 22.1 Å². The summed E-state index contributed by atoms with van der Waals surface area (Å²) < 4.78 is 0. The quantitative estimate of drug-likeness (QED) is 0.694. The van der Waals surface area contributed by atoms with E-state index in [2.05, 4.69) is 15.5 Å². The number of anilines is 1. The molecule has 1 aromatic rings. The average molecular weight is 210 g/mol. The number of carbonyl (C=O) groups excluding carboxylic acids is 1. The number of nitrogens with zero attached hydrogens (tertiary/aromatic N) is 1. The van der Waals surface area contributed by atoms with E-state index in [1.165, 1.54) is 0 Å². The molecule has 5 heteroatoms. The van der Waals surface area contributed by atoms with Crippen LogP contribution in [0.5, 0.6) is 0 Å². The van der Waals surface area contributed by atoms with Crippen LogP contribution in [0.3, 0.4) is 0 Å². The molecule has 1 atom stereocenters. The second-order valence-electron chi connectivity index (χ2n) is 4.07. The molecule has 0 aliphatic rings. The lowest BCUT2D eigenvalue weighted by atomic mass is 10.0. The van der Waals surface area contributed by atoms with E-state index >= 15 is 0 Å². The average Bonchev–Trinajstić information content (AvgIpc) is 2.47. The van der Waals surface area contributed by atoms with Crippen LogP contribution in [0.4, 0.5) is 5.69 Å². The molecular weight excluding hydrogens is 192 g/mol. The fraction of sp³-hybridized carbons (Fsp3) is 0.600. The van der Waals surface area contributed by atoms with Gasteiger partial charge in [0.2, 0.25) is 5.91 Å². The van der Waals surface area contributed by atoms with Crippen LogP contribution in [0, 0.1) is 19.8 Å². The van der Waals surface area contributed by atoms with Crippen LogP contribution in [0.15, 0.2) is 0 Å². The zero-order chi connectivity index (χ0) is 11.6. The zero-order valence-corrected chi connectivity index (χ0v) is 9.59. The van der Waals surface area contributed by atoms with Gasteiger partial charge in [-0.15, -0.1) is 0 Å². The highest BCUT2D eigenvalue weighted by Crippen LogP contribution is 2.16. The van der Waals surface area contributed by atoms with E-state index in [-0.39, 0.29) is 11.8 Å². The minimum atomic E-state index is -0.487. The summed E-state index contributed by atoms with van der Waals surface area (Å²) in [6.45, 7) is 7.52. The van der Waals surface area contributed by atoms with Gasteiger partial charge in [-0.1, -0.05) is 13.8 Å². The summed E-state index contributed by atoms with van der Waals surface area (Å²) in [6.07, 6.45) is 0. The Morgan fingerprint density at radius 3 is 2.47 bits per heavy atom. The normalized spacial score (nSPS) is 12.9. The predicted octanol–water partition coefficient (Wildman–Crippen LogP) is 0.948. The van der Waals surface area contributed by atoms with Gasteiger partial charge < -0.3 is 11.1 Å². The number of aromatic nitrogens is 2. The number of nitrogens with two attached hydrogens (primary N) is 1. The Bertz CT molecular complexity index is 337. The lowest BCUT2D eigenvalue weighted by molar-refractivity contribution is -0.118. The van der Waals surface area contributed by atoms with Crippen molar-refractivity contribution in [2.45, 2.75) is 33.7 Å². The summed E-state index contributed by atoms with van der Waals surface area (Å²) in [5.41, 5.74) is 8.09. The molecule has 1 rings (SSSR count). The summed E-state index contributed by atoms with van der Waals surface area (Å²) in [7, 11) is 0. The molecule has 4 N–H and O–H groups in total. The van der Waals surface area contributed by atoms with Gasteiger partial charge in [0.25, 0.3) is 0 Å². The Morgan fingerprint density at radius 2 is 2.07 bits per heavy atom. The summed E-state index contributed by atoms with van der Waals surface area (Å²) in [5, 5.41) is 9.58. The molecule has 1 amide bonds. The van der Waals surface area contributed by atoms with Gasteiger partial charge in [0.05, 0.1) is 23.1 Å². The third kappa shape index (κ3) is 2.56. The summed E-state index contributed by atoms with van der Waals surface area (Å²) in [4.78, 5) is 11.7. The summed E-state index contributed by atoms with van der Waals surface area (Å²) >= 11 is 0. The number of aryl methyl sites for hydroxylation is 2. The first-order valence-corrected chi connectivity index (χ1v) is 5.01. The highest BCUT2D eigenvalue weighted by atomic mass is 16.2. The predicted molar refractivity (Wildman–Crippen MR) is 59.5 cm³/mol. The van der Waals surface area contributed by atoms with E-state index < -0.39 is 6.04 Å². The van der Waals surface area contributed by atoms with Crippen molar-refractivity contribution in [1.29, 1.82) is 0 Å². The zero-order valence-electron chi connectivity index (χ0n) is 9.59. The second kappa shape index (κ2) is 4.44. The van der Waals surface area contributed by atoms with E-state index in [1.807, 2.05) is 27.7 Å². The summed E-state index contributed by atoms with van der Waals surface area (Å²) in [6, 6.07) is -0.487. The Balaban J connectivity index is 2.75. The minimum absolute atomic E-state index is 0.123. The van der Waals surface area contributed by atoms with Gasteiger partial charge in [-0.2, -0.15) is 5.10 Å². The molecule has 0 aromatic carbocycles. The largest absolute Gasteiger partial charge is 0.322 e. The van der Waals surface area contributed by atoms with Gasteiger partial charge in [-0.3, -0.25) is 9.89 Å². The molecule has 5 nitrogen and oxygen atoms in total. The maximum absolute atomic E-state index is 11.7. The fourth-order valence-corrected chi connectivity index (χ4v) is 1.24. The van der Waals surface area contributed by atoms with Crippen molar-refractivity contribution < 1.29 is 4.79 Å². The lowest BCUT2D eigenvalue weighted by Gasteiger charge is -2.15. The van der Waals surface area contributed by atoms with Crippen molar-refractivity contribution in [3.05, 3.63) is 11.4 Å². The van der Waals surface area contributed by atoms with Crippen molar-refractivity contribution in [2.75, 3.05) is 5.32 Å². The molecular formula is C10H18N4O. The van der Waals surface area contributed by atoms with Gasteiger partial charge in [-0.25, -0.2) is 0 Å². The number of amides is 1. The first kappa shape index (κ1) is 11.7. The molecule has 0 unspecified atom stereocenters. The van der Waals surface area contributed by atoms with Crippen LogP contribution in [0.2, 0.25) is 0 Å². The molecule has 15 heavy (non-hydrogen) atoms. The van der Waals surface area contributed by atoms with Crippen LogP contribution in [0.1, 0.15) is 25.2 Å². The van der Waals surface area contributed by atoms with Crippen molar-refractivity contribution in [3.8, 4) is 0 Å². The number of rotatable bonds is 3. The van der Waals surface area contributed by atoms with Crippen molar-refractivity contribution in [1.82, 2.24) is 10.2 Å². The topological polar surface area (TPSA) is 83.8 Å². The van der Waals surface area contributed by atoms with Gasteiger partial charge in [-0.05, 0) is 19.8 Å². The van der Waals surface area contributed by atoms with Crippen LogP contribution in [-0.2, 0) is 4.79 Å². The fourth-order valence-electron chi connectivity index (χ4n) is 1.24. The highest BCUT2D eigenvalue weighted by Gasteiger charge is 2.19. The first-order chi connectivity index (χ1) is 6.93. The Labute approximate surface area is 89.4 Å². The monoisotopic (exact) mass is 210 g/mol. The molecule has 0 spiro atoms. The maximum atomic E-state index is 11.7. The Kier molecular flexibility index (Phi) is 3.47. The molecule has 0 aliphatic carbocycles.